The number of aromatic amines is 1. The maximum atomic E-state index is 14.1. The molecule has 4 aromatic carbocycles. The van der Waals surface area contributed by atoms with Crippen LogP contribution in [-0.4, -0.2) is 79.6 Å². The normalized spacial score (nSPS) is 25.0. The molecule has 1 aliphatic heterocycles. The number of hydrogen-bond donors (Lipinski definition) is 4. The Labute approximate surface area is 390 Å². The molecule has 15 heteroatoms. The summed E-state index contributed by atoms with van der Waals surface area (Å²) in [5.74, 6) is 0.760. The van der Waals surface area contributed by atoms with Crippen LogP contribution in [0.4, 0.5) is 17.1 Å². The van der Waals surface area contributed by atoms with Crippen LogP contribution in [0.25, 0.3) is 16.5 Å². The SMILES string of the molecule is CC1(C)CCC(CN2CCN(c3ccc(C(=O)NS(=O)(=O)c4ccc(NCC56CC7CC(C5)C(O)C(C7)C6)c([N+](=O)[O-])c4)c(Oc4ccc5[nH]ccc5c4)c3)CC2)=C(c2ccc(Cl)cc2)C1. The van der Waals surface area contributed by atoms with Crippen LogP contribution in [0.2, 0.25) is 5.02 Å². The van der Waals surface area contributed by atoms with Crippen molar-refractivity contribution in [2.75, 3.05) is 49.5 Å². The van der Waals surface area contributed by atoms with Crippen molar-refractivity contribution in [2.24, 2.45) is 28.6 Å². The Hall–Kier alpha value is -5.41. The highest BCUT2D eigenvalue weighted by atomic mass is 35.5. The van der Waals surface area contributed by atoms with Gasteiger partial charge in [-0.2, -0.15) is 0 Å². The van der Waals surface area contributed by atoms with E-state index in [4.69, 9.17) is 16.3 Å². The average Bonchev–Trinajstić information content (AvgIpc) is 3.76. The van der Waals surface area contributed by atoms with Crippen molar-refractivity contribution < 1.29 is 28.0 Å². The molecular weight excluding hydrogens is 876 g/mol. The van der Waals surface area contributed by atoms with E-state index in [1.54, 1.807) is 24.3 Å². The monoisotopic (exact) mass is 932 g/mol. The Morgan fingerprint density at radius 2 is 1.71 bits per heavy atom. The lowest BCUT2D eigenvalue weighted by Gasteiger charge is -2.59. The van der Waals surface area contributed by atoms with Gasteiger partial charge < -0.3 is 25.0 Å². The molecule has 66 heavy (non-hydrogen) atoms. The van der Waals surface area contributed by atoms with Gasteiger partial charge in [0.2, 0.25) is 0 Å². The molecule has 0 spiro atoms. The molecule has 2 unspecified atom stereocenters. The Kier molecular flexibility index (Phi) is 11.7. The van der Waals surface area contributed by atoms with Crippen molar-refractivity contribution in [1.82, 2.24) is 14.6 Å². The zero-order valence-corrected chi connectivity index (χ0v) is 39.0. The highest BCUT2D eigenvalue weighted by Gasteiger charge is 2.55. The molecular formula is C51H57ClN6O7S. The van der Waals surface area contributed by atoms with Crippen LogP contribution in [-0.2, 0) is 10.0 Å². The molecule has 5 aliphatic carbocycles. The number of aliphatic hydroxyl groups is 1. The number of nitro groups is 1. The number of benzene rings is 4. The predicted molar refractivity (Wildman–Crippen MR) is 258 cm³/mol. The number of nitrogens with zero attached hydrogens (tertiary/aromatic N) is 3. The number of nitrogens with one attached hydrogen (secondary N) is 3. The van der Waals surface area contributed by atoms with Crippen LogP contribution in [0, 0.1) is 38.7 Å². The summed E-state index contributed by atoms with van der Waals surface area (Å²) < 4.78 is 36.3. The van der Waals surface area contributed by atoms with Gasteiger partial charge in [0, 0.05) is 79.2 Å². The second-order valence-electron chi connectivity index (χ2n) is 20.4. The fourth-order valence-electron chi connectivity index (χ4n) is 12.0. The van der Waals surface area contributed by atoms with E-state index in [1.807, 2.05) is 36.5 Å². The lowest BCUT2D eigenvalue weighted by molar-refractivity contribution is -0.384. The molecule has 1 saturated heterocycles. The van der Waals surface area contributed by atoms with E-state index in [9.17, 15) is 28.4 Å². The molecule has 6 aliphatic rings. The Morgan fingerprint density at radius 1 is 0.955 bits per heavy atom. The number of rotatable bonds is 13. The van der Waals surface area contributed by atoms with Crippen LogP contribution in [0.5, 0.6) is 11.5 Å². The number of nitro benzene ring substituents is 1. The lowest BCUT2D eigenvalue weighted by atomic mass is 9.48. The zero-order chi connectivity index (χ0) is 46.0. The van der Waals surface area contributed by atoms with E-state index in [1.165, 1.54) is 28.8 Å². The molecule has 11 rings (SSSR count). The van der Waals surface area contributed by atoms with Gasteiger partial charge in [-0.15, -0.1) is 0 Å². The second-order valence-corrected chi connectivity index (χ2v) is 22.5. The number of halogens is 1. The summed E-state index contributed by atoms with van der Waals surface area (Å²) in [4.78, 5) is 33.3. The van der Waals surface area contributed by atoms with E-state index in [-0.39, 0.29) is 45.8 Å². The Bertz CT molecular complexity index is 2820. The molecule has 1 amide bonds. The highest BCUT2D eigenvalue weighted by Crippen LogP contribution is 2.60. The lowest BCUT2D eigenvalue weighted by Crippen LogP contribution is -2.55. The van der Waals surface area contributed by atoms with E-state index >= 15 is 0 Å². The van der Waals surface area contributed by atoms with Gasteiger partial charge in [-0.25, -0.2) is 13.1 Å². The number of H-pyrrole nitrogens is 1. The van der Waals surface area contributed by atoms with Crippen molar-refractivity contribution in [3.05, 3.63) is 123 Å². The largest absolute Gasteiger partial charge is 0.456 e. The molecule has 0 radical (unpaired) electrons. The van der Waals surface area contributed by atoms with Crippen molar-refractivity contribution in [2.45, 2.75) is 76.2 Å². The number of carbonyl (C=O) groups is 1. The standard InChI is InChI=1S/C51H57ClN6O7S/c1-50(2)15-13-35(43(29-50)33-3-5-38(52)6-4-33)30-56-17-19-57(20-18-56)39-7-10-42(47(24-39)65-40-8-11-44-34(23-40)14-16-53-44)49(60)55-66(63,64)41-9-12-45(46(25-41)58(61)62)54-31-51-26-32-21-36(27-51)48(59)37(22-32)28-51/h3-12,14,16,23-25,32,36-37,48,53-54,59H,13,15,17-22,26-31H2,1-2H3,(H,55,60). The number of allylic oxidation sites excluding steroid dienone is 1. The summed E-state index contributed by atoms with van der Waals surface area (Å²) in [6.07, 6.45) is 9.56. The maximum absolute atomic E-state index is 14.1. The maximum Gasteiger partial charge on any atom is 0.293 e. The number of sulfonamides is 1. The highest BCUT2D eigenvalue weighted by molar-refractivity contribution is 7.90. The number of piperazine rings is 1. The van der Waals surface area contributed by atoms with E-state index in [0.29, 0.717) is 18.2 Å². The number of aromatic nitrogens is 1. The zero-order valence-electron chi connectivity index (χ0n) is 37.4. The molecule has 2 heterocycles. The molecule has 13 nitrogen and oxygen atoms in total. The topological polar surface area (TPSA) is 170 Å². The van der Waals surface area contributed by atoms with Crippen molar-refractivity contribution in [1.29, 1.82) is 0 Å². The van der Waals surface area contributed by atoms with Gasteiger partial charge in [-0.1, -0.05) is 43.2 Å². The second kappa shape index (κ2) is 17.3. The van der Waals surface area contributed by atoms with Crippen molar-refractivity contribution in [3.8, 4) is 11.5 Å². The fraction of sp³-hybridized carbons (Fsp3) is 0.431. The summed E-state index contributed by atoms with van der Waals surface area (Å²) in [5.41, 5.74) is 5.83. The fourth-order valence-corrected chi connectivity index (χ4v) is 13.1. The summed E-state index contributed by atoms with van der Waals surface area (Å²) >= 11 is 6.26. The summed E-state index contributed by atoms with van der Waals surface area (Å²) in [6.45, 7) is 9.19. The van der Waals surface area contributed by atoms with Gasteiger partial charge in [0.05, 0.1) is 21.5 Å². The molecule has 2 atom stereocenters. The van der Waals surface area contributed by atoms with Crippen LogP contribution >= 0.6 is 11.6 Å². The minimum absolute atomic E-state index is 0.00880. The number of carbonyl (C=O) groups excluding carboxylic acids is 1. The third-order valence-corrected chi connectivity index (χ3v) is 16.8. The first kappa shape index (κ1) is 44.4. The number of amides is 1. The van der Waals surface area contributed by atoms with Crippen LogP contribution in [0.15, 0.2) is 102 Å². The van der Waals surface area contributed by atoms with Crippen LogP contribution in [0.1, 0.15) is 81.1 Å². The van der Waals surface area contributed by atoms with Crippen molar-refractivity contribution >= 4 is 61.1 Å². The van der Waals surface area contributed by atoms with Crippen LogP contribution in [0.3, 0.4) is 0 Å². The Balaban J connectivity index is 0.860. The van der Waals surface area contributed by atoms with Crippen LogP contribution < -0.4 is 19.7 Å². The Morgan fingerprint density at radius 3 is 2.45 bits per heavy atom. The minimum Gasteiger partial charge on any atom is -0.456 e. The van der Waals surface area contributed by atoms with Gasteiger partial charge >= 0.3 is 0 Å². The number of aliphatic hydroxyl groups excluding tert-OH is 1. The number of anilines is 2. The molecule has 4 N–H and O–H groups in total. The minimum atomic E-state index is -4.57. The van der Waals surface area contributed by atoms with E-state index in [0.717, 1.165) is 112 Å². The number of ether oxygens (including phenoxy) is 1. The smallest absolute Gasteiger partial charge is 0.293 e. The van der Waals surface area contributed by atoms with Gasteiger partial charge in [-0.3, -0.25) is 19.8 Å². The van der Waals surface area contributed by atoms with Gasteiger partial charge in [0.1, 0.15) is 17.2 Å². The molecule has 5 aromatic rings. The first-order valence-electron chi connectivity index (χ1n) is 23.2. The molecule has 1 aromatic heterocycles. The summed E-state index contributed by atoms with van der Waals surface area (Å²) in [7, 11) is -4.57. The molecule has 346 valence electrons. The third kappa shape index (κ3) is 9.04. The average molecular weight is 934 g/mol. The summed E-state index contributed by atoms with van der Waals surface area (Å²) in [5, 5.41) is 28.0. The van der Waals surface area contributed by atoms with Gasteiger partial charge in [0.25, 0.3) is 21.6 Å². The third-order valence-electron chi connectivity index (χ3n) is 15.2. The number of hydrogen-bond acceptors (Lipinski definition) is 10. The predicted octanol–water partition coefficient (Wildman–Crippen LogP) is 10.0. The van der Waals surface area contributed by atoms with E-state index < -0.39 is 31.4 Å². The van der Waals surface area contributed by atoms with Crippen molar-refractivity contribution in [3.63, 3.8) is 0 Å². The quantitative estimate of drug-likeness (QED) is 0.0658. The molecule has 4 saturated carbocycles. The first-order chi connectivity index (χ1) is 31.6. The molecule has 5 fully saturated rings. The van der Waals surface area contributed by atoms with E-state index in [2.05, 4.69) is 50.8 Å². The number of fused-ring (bicyclic) bond motifs is 1. The summed E-state index contributed by atoms with van der Waals surface area (Å²) in [6, 6.07) is 24.4. The molecule has 4 bridgehead atoms. The van der Waals surface area contributed by atoms with Gasteiger partial charge in [0.15, 0.2) is 0 Å². The van der Waals surface area contributed by atoms with Gasteiger partial charge in [-0.05, 0) is 152 Å². The first-order valence-corrected chi connectivity index (χ1v) is 25.1.